The van der Waals surface area contributed by atoms with Gasteiger partial charge in [0.25, 0.3) is 17.1 Å². The van der Waals surface area contributed by atoms with E-state index < -0.39 is 34.1 Å². The van der Waals surface area contributed by atoms with Crippen LogP contribution in [0.2, 0.25) is 0 Å². The van der Waals surface area contributed by atoms with Gasteiger partial charge in [0, 0.05) is 25.7 Å². The van der Waals surface area contributed by atoms with E-state index in [1.165, 1.54) is 18.7 Å². The summed E-state index contributed by atoms with van der Waals surface area (Å²) in [4.78, 5) is 55.8. The lowest BCUT2D eigenvalue weighted by Gasteiger charge is -2.05. The van der Waals surface area contributed by atoms with Gasteiger partial charge in [-0.3, -0.25) is 33.3 Å². The zero-order chi connectivity index (χ0) is 21.5. The molecule has 14 heteroatoms. The number of hydrogen-bond donors (Lipinski definition) is 3. The molecule has 0 unspecified atom stereocenters. The second-order valence-corrected chi connectivity index (χ2v) is 6.59. The largest absolute Gasteiger partial charge is 0.493 e. The van der Waals surface area contributed by atoms with Gasteiger partial charge in [0.15, 0.2) is 11.2 Å². The summed E-state index contributed by atoms with van der Waals surface area (Å²) in [7, 11) is 2.76. The fourth-order valence-electron chi connectivity index (χ4n) is 2.56. The van der Waals surface area contributed by atoms with Gasteiger partial charge in [-0.15, -0.1) is 10.2 Å². The predicted octanol–water partition coefficient (Wildman–Crippen LogP) is 0.0739. The predicted molar refractivity (Wildman–Crippen MR) is 103 cm³/mol. The van der Waals surface area contributed by atoms with Crippen molar-refractivity contribution in [3.05, 3.63) is 52.8 Å². The van der Waals surface area contributed by atoms with Crippen molar-refractivity contribution in [2.24, 2.45) is 24.3 Å². The van der Waals surface area contributed by atoms with Gasteiger partial charge >= 0.3 is 11.4 Å². The average Bonchev–Trinajstić information content (AvgIpc) is 3.00. The van der Waals surface area contributed by atoms with Gasteiger partial charge < -0.3 is 5.11 Å². The number of aromatic nitrogens is 6. The second kappa shape index (κ2) is 7.35. The highest BCUT2D eigenvalue weighted by atomic mass is 35.5. The van der Waals surface area contributed by atoms with E-state index >= 15 is 0 Å². The highest BCUT2D eigenvalue weighted by Gasteiger charge is 2.19. The smallest absolute Gasteiger partial charge is 0.332 e. The normalized spacial score (nSPS) is 12.3. The monoisotopic (exact) mass is 422 g/mol. The molecule has 0 radical (unpaired) electrons. The Morgan fingerprint density at radius 1 is 1.17 bits per heavy atom. The average molecular weight is 423 g/mol. The van der Waals surface area contributed by atoms with E-state index in [1.54, 1.807) is 13.0 Å². The van der Waals surface area contributed by atoms with Gasteiger partial charge in [-0.25, -0.2) is 9.59 Å². The van der Waals surface area contributed by atoms with Crippen LogP contribution in [0.3, 0.4) is 0 Å². The summed E-state index contributed by atoms with van der Waals surface area (Å²) >= 11 is 5.88. The Morgan fingerprint density at radius 2 is 1.86 bits per heavy atom. The molecule has 0 spiro atoms. The van der Waals surface area contributed by atoms with Crippen molar-refractivity contribution >= 4 is 34.4 Å². The van der Waals surface area contributed by atoms with E-state index in [1.807, 2.05) is 9.97 Å². The fraction of sp³-hybridized carbons (Fsp3) is 0.267. The number of aryl methyl sites for hydroxylation is 1. The maximum absolute atomic E-state index is 12.6. The lowest BCUT2D eigenvalue weighted by Crippen LogP contribution is -2.37. The minimum absolute atomic E-state index is 0.0484. The Balaban J connectivity index is 2.30. The highest BCUT2D eigenvalue weighted by molar-refractivity contribution is 6.29. The molecule has 0 amide bonds. The van der Waals surface area contributed by atoms with Gasteiger partial charge in [0.2, 0.25) is 11.6 Å². The van der Waals surface area contributed by atoms with Crippen LogP contribution in [0.25, 0.3) is 11.2 Å². The Kier molecular flexibility index (Phi) is 5.07. The van der Waals surface area contributed by atoms with Crippen molar-refractivity contribution in [3.8, 4) is 5.88 Å². The first kappa shape index (κ1) is 20.0. The van der Waals surface area contributed by atoms with Crippen LogP contribution < -0.4 is 22.5 Å². The van der Waals surface area contributed by atoms with Gasteiger partial charge in [-0.2, -0.15) is 4.98 Å². The number of nitrogens with one attached hydrogen (secondary N) is 2. The van der Waals surface area contributed by atoms with Crippen molar-refractivity contribution in [2.75, 3.05) is 0 Å². The molecule has 0 saturated heterocycles. The molecular weight excluding hydrogens is 408 g/mol. The number of allylic oxidation sites excluding steroid dienone is 2. The Hall–Kier alpha value is -3.74. The summed E-state index contributed by atoms with van der Waals surface area (Å²) in [6.07, 6.45) is 1.58. The summed E-state index contributed by atoms with van der Waals surface area (Å²) in [5, 5.41) is 17.6. The van der Waals surface area contributed by atoms with Gasteiger partial charge in [0.05, 0.1) is 0 Å². The third-order valence-corrected chi connectivity index (χ3v) is 4.18. The zero-order valence-corrected chi connectivity index (χ0v) is 16.2. The molecule has 0 atom stereocenters. The molecule has 0 aromatic carbocycles. The lowest BCUT2D eigenvalue weighted by atomic mass is 10.4. The minimum Gasteiger partial charge on any atom is -0.493 e. The first-order chi connectivity index (χ1) is 13.6. The van der Waals surface area contributed by atoms with Gasteiger partial charge in [-0.05, 0) is 6.92 Å². The first-order valence-electron chi connectivity index (χ1n) is 8.07. The zero-order valence-electron chi connectivity index (χ0n) is 15.4. The standard InChI is InChI=1S/C15H15ClN8O5/c1-6(16)4-5-24-8-9(22(2)15(29)23(3)12(8)27)17-13(24)21-20-7-10(25)18-14(28)19-11(7)26/h4H,5H2,1-3H3,(H3,18,19,25,26,28)/b6-4-,21-20?. The van der Waals surface area contributed by atoms with Crippen molar-refractivity contribution in [1.82, 2.24) is 28.7 Å². The van der Waals surface area contributed by atoms with E-state index in [0.717, 1.165) is 9.13 Å². The number of hydrogen-bond acceptors (Lipinski definition) is 8. The second-order valence-electron chi connectivity index (χ2n) is 6.00. The number of imidazole rings is 1. The topological polar surface area (TPSA) is 172 Å². The Morgan fingerprint density at radius 3 is 2.48 bits per heavy atom. The summed E-state index contributed by atoms with van der Waals surface area (Å²) in [5.74, 6) is -0.914. The van der Waals surface area contributed by atoms with E-state index in [4.69, 9.17) is 11.6 Å². The number of nitrogens with zero attached hydrogens (tertiary/aromatic N) is 6. The molecule has 29 heavy (non-hydrogen) atoms. The van der Waals surface area contributed by atoms with Crippen LogP contribution in [0.4, 0.5) is 11.6 Å². The van der Waals surface area contributed by atoms with Crippen molar-refractivity contribution in [1.29, 1.82) is 0 Å². The van der Waals surface area contributed by atoms with Crippen LogP contribution in [0.1, 0.15) is 6.92 Å². The van der Waals surface area contributed by atoms with E-state index in [0.29, 0.717) is 5.03 Å². The summed E-state index contributed by atoms with van der Waals surface area (Å²) in [5.41, 5.74) is -3.53. The van der Waals surface area contributed by atoms with Crippen LogP contribution in [0.15, 0.2) is 40.5 Å². The minimum atomic E-state index is -0.975. The number of aromatic hydroxyl groups is 1. The molecule has 0 aliphatic carbocycles. The maximum atomic E-state index is 12.6. The number of fused-ring (bicyclic) bond motifs is 1. The molecule has 13 nitrogen and oxygen atoms in total. The molecule has 3 aromatic rings. The Bertz CT molecular complexity index is 1410. The van der Waals surface area contributed by atoms with Gasteiger partial charge in [0.1, 0.15) is 0 Å². The summed E-state index contributed by atoms with van der Waals surface area (Å²) in [6.45, 7) is 1.70. The highest BCUT2D eigenvalue weighted by Crippen LogP contribution is 2.23. The van der Waals surface area contributed by atoms with Crippen molar-refractivity contribution in [3.63, 3.8) is 0 Å². The quantitative estimate of drug-likeness (QED) is 0.502. The number of azo groups is 1. The third kappa shape index (κ3) is 3.54. The van der Waals surface area contributed by atoms with Crippen LogP contribution in [0.5, 0.6) is 5.88 Å². The number of halogens is 1. The molecule has 0 aliphatic heterocycles. The SMILES string of the molecule is C/C(Cl)=C/Cn1c(N=Nc2c(O)[nH]c(=O)[nH]c2=O)nc2c1c(=O)n(C)c(=O)n2C. The molecular formula is C15H15ClN8O5. The number of aromatic amines is 2. The molecule has 3 N–H and O–H groups in total. The lowest BCUT2D eigenvalue weighted by molar-refractivity contribution is 0.450. The molecule has 152 valence electrons. The molecule has 3 aromatic heterocycles. The molecule has 0 fully saturated rings. The first-order valence-corrected chi connectivity index (χ1v) is 8.45. The Labute approximate surface area is 165 Å². The van der Waals surface area contributed by atoms with E-state index in [9.17, 15) is 24.3 Å². The van der Waals surface area contributed by atoms with Crippen LogP contribution >= 0.6 is 11.6 Å². The van der Waals surface area contributed by atoms with E-state index in [2.05, 4.69) is 15.2 Å². The van der Waals surface area contributed by atoms with Crippen molar-refractivity contribution in [2.45, 2.75) is 13.5 Å². The van der Waals surface area contributed by atoms with Crippen molar-refractivity contribution < 1.29 is 5.11 Å². The van der Waals surface area contributed by atoms with Crippen LogP contribution in [-0.4, -0.2) is 33.8 Å². The molecule has 0 saturated carbocycles. The van der Waals surface area contributed by atoms with Crippen LogP contribution in [0, 0.1) is 0 Å². The maximum Gasteiger partial charge on any atom is 0.332 e. The fourth-order valence-corrected chi connectivity index (χ4v) is 2.63. The molecule has 0 aliphatic rings. The summed E-state index contributed by atoms with van der Waals surface area (Å²) in [6, 6.07) is 0. The molecule has 0 bridgehead atoms. The van der Waals surface area contributed by atoms with Crippen LogP contribution in [-0.2, 0) is 20.6 Å². The third-order valence-electron chi connectivity index (χ3n) is 4.02. The van der Waals surface area contributed by atoms with Gasteiger partial charge in [-0.1, -0.05) is 17.7 Å². The number of H-pyrrole nitrogens is 2. The summed E-state index contributed by atoms with van der Waals surface area (Å²) < 4.78 is 3.42. The molecule has 3 heterocycles. The molecule has 3 rings (SSSR count). The van der Waals surface area contributed by atoms with E-state index in [-0.39, 0.29) is 23.7 Å². The number of rotatable bonds is 4.